The Bertz CT molecular complexity index is 1040. The molecule has 1 aliphatic carbocycles. The van der Waals surface area contributed by atoms with E-state index in [4.69, 9.17) is 19.2 Å². The van der Waals surface area contributed by atoms with Crippen LogP contribution in [0.25, 0.3) is 11.1 Å². The highest BCUT2D eigenvalue weighted by Gasteiger charge is 2.28. The molecule has 208 valence electrons. The van der Waals surface area contributed by atoms with Crippen LogP contribution in [0, 0.1) is 11.8 Å². The Morgan fingerprint density at radius 3 is 2.53 bits per heavy atom. The maximum Gasteiger partial charge on any atom is 0.409 e. The van der Waals surface area contributed by atoms with Crippen molar-refractivity contribution < 1.29 is 19.0 Å². The van der Waals surface area contributed by atoms with Gasteiger partial charge in [-0.3, -0.25) is 0 Å². The summed E-state index contributed by atoms with van der Waals surface area (Å²) in [4.78, 5) is 25.5. The zero-order chi connectivity index (χ0) is 25.6. The smallest absolute Gasteiger partial charge is 0.409 e. The van der Waals surface area contributed by atoms with Crippen LogP contribution in [0.4, 0.5) is 16.4 Å². The van der Waals surface area contributed by atoms with Gasteiger partial charge in [-0.2, -0.15) is 4.98 Å². The Hall–Kier alpha value is -2.78. The van der Waals surface area contributed by atoms with E-state index in [-0.39, 0.29) is 24.4 Å². The monoisotopic (exact) mass is 545 g/mol. The van der Waals surface area contributed by atoms with Crippen molar-refractivity contribution in [1.29, 1.82) is 0 Å². The van der Waals surface area contributed by atoms with Crippen LogP contribution in [0.3, 0.4) is 0 Å². The molecule has 1 aromatic carbocycles. The highest BCUT2D eigenvalue weighted by molar-refractivity contribution is 5.85. The Labute approximate surface area is 231 Å². The van der Waals surface area contributed by atoms with Gasteiger partial charge in [-0.15, -0.1) is 12.4 Å². The van der Waals surface area contributed by atoms with Crippen LogP contribution in [-0.4, -0.2) is 80.1 Å². The number of benzene rings is 1. The summed E-state index contributed by atoms with van der Waals surface area (Å²) in [6, 6.07) is 8.91. The molecular formula is C28H40ClN5O4. The number of rotatable bonds is 7. The molecule has 2 saturated heterocycles. The zero-order valence-electron chi connectivity index (χ0n) is 22.4. The molecule has 3 aliphatic rings. The van der Waals surface area contributed by atoms with Crippen LogP contribution in [0.15, 0.2) is 30.5 Å². The molecule has 9 nitrogen and oxygen atoms in total. The van der Waals surface area contributed by atoms with Gasteiger partial charge in [0.1, 0.15) is 0 Å². The number of methoxy groups -OCH3 is 1. The molecule has 1 amide bonds. The number of anilines is 2. The Morgan fingerprint density at radius 1 is 1.08 bits per heavy atom. The summed E-state index contributed by atoms with van der Waals surface area (Å²) < 4.78 is 16.7. The fourth-order valence-corrected chi connectivity index (χ4v) is 5.46. The SMILES string of the molecule is COC(=O)N1CC[C@@H](COc2nc(NC3CCC(C)CC3)ncc2-c2ccc(N3CCOCC3)cc2)C1.Cl. The van der Waals surface area contributed by atoms with Gasteiger partial charge in [0.05, 0.1) is 32.5 Å². The lowest BCUT2D eigenvalue weighted by atomic mass is 9.87. The number of carbonyl (C=O) groups is 1. The molecule has 1 atom stereocenters. The van der Waals surface area contributed by atoms with Gasteiger partial charge < -0.3 is 29.3 Å². The number of hydrogen-bond acceptors (Lipinski definition) is 8. The van der Waals surface area contributed by atoms with Crippen LogP contribution in [0.1, 0.15) is 39.0 Å². The first kappa shape index (κ1) is 28.2. The van der Waals surface area contributed by atoms with Crippen LogP contribution in [0.2, 0.25) is 0 Å². The van der Waals surface area contributed by atoms with Crippen molar-refractivity contribution in [2.75, 3.05) is 63.3 Å². The van der Waals surface area contributed by atoms with Gasteiger partial charge in [0.15, 0.2) is 0 Å². The molecule has 2 aliphatic heterocycles. The molecule has 0 radical (unpaired) electrons. The molecular weight excluding hydrogens is 506 g/mol. The number of carbonyl (C=O) groups excluding carboxylic acids is 1. The average molecular weight is 546 g/mol. The number of ether oxygens (including phenoxy) is 3. The van der Waals surface area contributed by atoms with Crippen LogP contribution in [-0.2, 0) is 9.47 Å². The molecule has 1 aromatic heterocycles. The highest BCUT2D eigenvalue weighted by atomic mass is 35.5. The number of hydrogen-bond donors (Lipinski definition) is 1. The minimum absolute atomic E-state index is 0. The van der Waals surface area contributed by atoms with Crippen molar-refractivity contribution in [2.45, 2.75) is 45.1 Å². The van der Waals surface area contributed by atoms with E-state index in [1.165, 1.54) is 25.6 Å². The summed E-state index contributed by atoms with van der Waals surface area (Å²) in [5.74, 6) is 2.22. The number of aromatic nitrogens is 2. The van der Waals surface area contributed by atoms with E-state index in [0.717, 1.165) is 62.6 Å². The fraction of sp³-hybridized carbons (Fsp3) is 0.607. The molecule has 0 unspecified atom stereocenters. The largest absolute Gasteiger partial charge is 0.477 e. The Morgan fingerprint density at radius 2 is 1.82 bits per heavy atom. The minimum Gasteiger partial charge on any atom is -0.477 e. The number of nitrogens with one attached hydrogen (secondary N) is 1. The minimum atomic E-state index is -0.279. The molecule has 2 aromatic rings. The first-order valence-electron chi connectivity index (χ1n) is 13.6. The molecule has 1 saturated carbocycles. The van der Waals surface area contributed by atoms with Crippen molar-refractivity contribution in [3.8, 4) is 17.0 Å². The molecule has 3 fully saturated rings. The number of nitrogens with zero attached hydrogens (tertiary/aromatic N) is 4. The summed E-state index contributed by atoms with van der Waals surface area (Å²) >= 11 is 0. The summed E-state index contributed by atoms with van der Waals surface area (Å²) in [5.41, 5.74) is 3.08. The molecule has 5 rings (SSSR count). The van der Waals surface area contributed by atoms with E-state index in [1.807, 2.05) is 6.20 Å². The van der Waals surface area contributed by atoms with Gasteiger partial charge >= 0.3 is 6.09 Å². The van der Waals surface area contributed by atoms with Gasteiger partial charge in [-0.05, 0) is 55.7 Å². The fourth-order valence-electron chi connectivity index (χ4n) is 5.46. The van der Waals surface area contributed by atoms with E-state index >= 15 is 0 Å². The maximum absolute atomic E-state index is 11.9. The van der Waals surface area contributed by atoms with Crippen LogP contribution >= 0.6 is 12.4 Å². The summed E-state index contributed by atoms with van der Waals surface area (Å²) in [6.45, 7) is 7.46. The predicted octanol–water partition coefficient (Wildman–Crippen LogP) is 4.86. The lowest BCUT2D eigenvalue weighted by Gasteiger charge is -2.29. The number of morpholine rings is 1. The van der Waals surface area contributed by atoms with Gasteiger partial charge in [-0.25, -0.2) is 9.78 Å². The summed E-state index contributed by atoms with van der Waals surface area (Å²) in [7, 11) is 1.42. The lowest BCUT2D eigenvalue weighted by Crippen LogP contribution is -2.36. The second-order valence-corrected chi connectivity index (χ2v) is 10.5. The lowest BCUT2D eigenvalue weighted by molar-refractivity contribution is 0.122. The Kier molecular flexibility index (Phi) is 9.91. The number of amides is 1. The normalized spacial score (nSPS) is 23.5. The second kappa shape index (κ2) is 13.3. The van der Waals surface area contributed by atoms with E-state index < -0.39 is 0 Å². The molecule has 10 heteroatoms. The van der Waals surface area contributed by atoms with E-state index in [0.29, 0.717) is 37.6 Å². The second-order valence-electron chi connectivity index (χ2n) is 10.5. The first-order valence-corrected chi connectivity index (χ1v) is 13.6. The quantitative estimate of drug-likeness (QED) is 0.527. The van der Waals surface area contributed by atoms with Crippen molar-refractivity contribution in [3.05, 3.63) is 30.5 Å². The zero-order valence-corrected chi connectivity index (χ0v) is 23.3. The Balaban J connectivity index is 0.00000336. The highest BCUT2D eigenvalue weighted by Crippen LogP contribution is 2.32. The van der Waals surface area contributed by atoms with E-state index in [1.54, 1.807) is 4.90 Å². The first-order chi connectivity index (χ1) is 18.1. The predicted molar refractivity (Wildman–Crippen MR) is 150 cm³/mol. The summed E-state index contributed by atoms with van der Waals surface area (Å²) in [6.07, 6.45) is 7.21. The van der Waals surface area contributed by atoms with Crippen molar-refractivity contribution in [3.63, 3.8) is 0 Å². The standard InChI is InChI=1S/C28H39N5O4.ClH/c1-20-3-7-23(8-4-20)30-27-29-17-25(22-5-9-24(10-6-22)32-13-15-36-16-14-32)26(31-27)37-19-21-11-12-33(18-21)28(34)35-2;/h5-6,9-10,17,20-21,23H,3-4,7-8,11-16,18-19H2,1-2H3,(H,29,30,31);1H/t20?,21-,23?;/m1./s1. The molecule has 1 N–H and O–H groups in total. The van der Waals surface area contributed by atoms with E-state index in [9.17, 15) is 4.79 Å². The van der Waals surface area contributed by atoms with Crippen LogP contribution in [0.5, 0.6) is 5.88 Å². The molecule has 38 heavy (non-hydrogen) atoms. The number of halogens is 1. The van der Waals surface area contributed by atoms with Crippen molar-refractivity contribution in [2.24, 2.45) is 11.8 Å². The third kappa shape index (κ3) is 6.99. The third-order valence-corrected chi connectivity index (χ3v) is 7.83. The average Bonchev–Trinajstić information content (AvgIpc) is 3.43. The molecule has 3 heterocycles. The topological polar surface area (TPSA) is 89.0 Å². The van der Waals surface area contributed by atoms with Gasteiger partial charge in [0.2, 0.25) is 11.8 Å². The van der Waals surface area contributed by atoms with Gasteiger partial charge in [0, 0.05) is 50.0 Å². The maximum atomic E-state index is 11.9. The van der Waals surface area contributed by atoms with Gasteiger partial charge in [0.25, 0.3) is 0 Å². The van der Waals surface area contributed by atoms with Crippen LogP contribution < -0.4 is 15.0 Å². The molecule has 0 spiro atoms. The van der Waals surface area contributed by atoms with Crippen molar-refractivity contribution >= 4 is 30.1 Å². The molecule has 0 bridgehead atoms. The third-order valence-electron chi connectivity index (χ3n) is 7.83. The summed E-state index contributed by atoms with van der Waals surface area (Å²) in [5, 5.41) is 3.54. The number of likely N-dealkylation sites (tertiary alicyclic amines) is 1. The van der Waals surface area contributed by atoms with E-state index in [2.05, 4.69) is 46.4 Å². The van der Waals surface area contributed by atoms with Crippen molar-refractivity contribution in [1.82, 2.24) is 14.9 Å². The van der Waals surface area contributed by atoms with Gasteiger partial charge in [-0.1, -0.05) is 19.1 Å².